The second-order valence-electron chi connectivity index (χ2n) is 23.1. The maximum atomic E-state index is 14.1. The average molecular weight is 1000 g/mol. The third-order valence-electron chi connectivity index (χ3n) is 16.5. The molecule has 1 heterocycles. The molecule has 1 atom stereocenters. The molecule has 7 nitrogen and oxygen atoms in total. The van der Waals surface area contributed by atoms with Crippen molar-refractivity contribution in [1.82, 2.24) is 19.6 Å². The first-order valence-corrected chi connectivity index (χ1v) is 32.6. The molecule has 0 saturated carbocycles. The standard InChI is InChI=1S/C64H128N4O3/c1-6-11-16-21-26-28-29-30-31-36-41-46-54-67(62(64(70)71)47-42-37-32-27-22-17-12-7-2)55-48-61-49-56-68(57-50-61)63(69)60-66(53-45-40-35-25-20-15-10-5)59-58-65(51-43-38-33-23-18-13-8-3)52-44-39-34-24-19-14-9-4/h61-62H,6-60H2,1-5H3,(H,70,71). The molecule has 1 saturated heterocycles. The number of rotatable bonds is 56. The van der Waals surface area contributed by atoms with Gasteiger partial charge < -0.3 is 14.9 Å². The number of amides is 1. The summed E-state index contributed by atoms with van der Waals surface area (Å²) in [4.78, 5) is 36.9. The number of nitrogens with zero attached hydrogens (tertiary/aromatic N) is 4. The van der Waals surface area contributed by atoms with Crippen molar-refractivity contribution >= 4 is 11.9 Å². The zero-order chi connectivity index (χ0) is 51.5. The van der Waals surface area contributed by atoms with E-state index in [1.165, 1.54) is 257 Å². The Hall–Kier alpha value is -1.18. The quantitative estimate of drug-likeness (QED) is 0.0613. The Morgan fingerprint density at radius 2 is 0.704 bits per heavy atom. The van der Waals surface area contributed by atoms with Gasteiger partial charge in [0, 0.05) is 26.2 Å². The van der Waals surface area contributed by atoms with Crippen molar-refractivity contribution < 1.29 is 14.7 Å². The number of hydrogen-bond acceptors (Lipinski definition) is 5. The van der Waals surface area contributed by atoms with E-state index in [2.05, 4.69) is 54.2 Å². The van der Waals surface area contributed by atoms with Crippen molar-refractivity contribution in [3.8, 4) is 0 Å². The molecule has 1 fully saturated rings. The number of carboxylic acid groups (broad SMARTS) is 1. The lowest BCUT2D eigenvalue weighted by Gasteiger charge is -2.36. The van der Waals surface area contributed by atoms with Gasteiger partial charge in [-0.1, -0.05) is 272 Å². The van der Waals surface area contributed by atoms with Crippen LogP contribution in [0.2, 0.25) is 0 Å². The molecule has 422 valence electrons. The number of aliphatic carboxylic acids is 1. The Labute approximate surface area is 445 Å². The summed E-state index contributed by atoms with van der Waals surface area (Å²) in [6.45, 7) is 21.1. The molecular formula is C64H128N4O3. The minimum atomic E-state index is -0.618. The van der Waals surface area contributed by atoms with Gasteiger partial charge in [0.1, 0.15) is 6.04 Å². The van der Waals surface area contributed by atoms with Crippen LogP contribution in [0.25, 0.3) is 0 Å². The average Bonchev–Trinajstić information content (AvgIpc) is 3.37. The fourth-order valence-electron chi connectivity index (χ4n) is 11.4. The summed E-state index contributed by atoms with van der Waals surface area (Å²) in [7, 11) is 0. The number of unbranched alkanes of at least 4 members (excludes halogenated alkanes) is 36. The summed E-state index contributed by atoms with van der Waals surface area (Å²) in [6.07, 6.45) is 58.0. The molecule has 0 bridgehead atoms. The summed E-state index contributed by atoms with van der Waals surface area (Å²) in [5.41, 5.74) is 0. The highest BCUT2D eigenvalue weighted by molar-refractivity contribution is 5.78. The highest BCUT2D eigenvalue weighted by atomic mass is 16.4. The van der Waals surface area contributed by atoms with E-state index in [-0.39, 0.29) is 6.04 Å². The van der Waals surface area contributed by atoms with E-state index in [1.54, 1.807) is 0 Å². The van der Waals surface area contributed by atoms with Gasteiger partial charge in [-0.25, -0.2) is 0 Å². The summed E-state index contributed by atoms with van der Waals surface area (Å²) < 4.78 is 0. The van der Waals surface area contributed by atoms with E-state index in [1.807, 2.05) is 0 Å². The van der Waals surface area contributed by atoms with Gasteiger partial charge in [0.2, 0.25) is 5.91 Å². The summed E-state index contributed by atoms with van der Waals surface area (Å²) in [5.74, 6) is 0.283. The minimum absolute atomic E-state index is 0.335. The molecule has 1 rings (SSSR count). The predicted molar refractivity (Wildman–Crippen MR) is 312 cm³/mol. The van der Waals surface area contributed by atoms with E-state index >= 15 is 0 Å². The number of carboxylic acids is 1. The number of hydrogen-bond donors (Lipinski definition) is 1. The molecule has 1 aliphatic heterocycles. The Kier molecular flexibility index (Phi) is 49.9. The van der Waals surface area contributed by atoms with Crippen molar-refractivity contribution in [2.24, 2.45) is 5.92 Å². The van der Waals surface area contributed by atoms with Gasteiger partial charge in [0.15, 0.2) is 0 Å². The summed E-state index contributed by atoms with van der Waals surface area (Å²) in [5, 5.41) is 10.6. The van der Waals surface area contributed by atoms with Gasteiger partial charge in [0.05, 0.1) is 6.54 Å². The van der Waals surface area contributed by atoms with Crippen LogP contribution in [-0.2, 0) is 9.59 Å². The number of likely N-dealkylation sites (tertiary alicyclic amines) is 1. The summed E-state index contributed by atoms with van der Waals surface area (Å²) in [6, 6.07) is -0.367. The lowest BCUT2D eigenvalue weighted by Crippen LogP contribution is -2.47. The van der Waals surface area contributed by atoms with E-state index in [0.29, 0.717) is 18.4 Å². The monoisotopic (exact) mass is 1000 g/mol. The second kappa shape index (κ2) is 52.3. The third-order valence-corrected chi connectivity index (χ3v) is 16.5. The molecule has 1 amide bonds. The maximum Gasteiger partial charge on any atom is 0.320 e. The van der Waals surface area contributed by atoms with E-state index < -0.39 is 5.97 Å². The third kappa shape index (κ3) is 41.7. The zero-order valence-electron chi connectivity index (χ0n) is 49.1. The van der Waals surface area contributed by atoms with Gasteiger partial charge in [-0.05, 0) is 90.0 Å². The lowest BCUT2D eigenvalue weighted by atomic mass is 9.92. The van der Waals surface area contributed by atoms with Crippen molar-refractivity contribution in [2.45, 2.75) is 330 Å². The molecule has 71 heavy (non-hydrogen) atoms. The number of piperidine rings is 1. The zero-order valence-corrected chi connectivity index (χ0v) is 49.1. The van der Waals surface area contributed by atoms with Gasteiger partial charge in [-0.2, -0.15) is 0 Å². The molecule has 1 aliphatic rings. The fourth-order valence-corrected chi connectivity index (χ4v) is 11.4. The normalized spacial score (nSPS) is 13.9. The van der Waals surface area contributed by atoms with Gasteiger partial charge in [-0.3, -0.25) is 19.4 Å². The lowest BCUT2D eigenvalue weighted by molar-refractivity contribution is -0.144. The molecule has 0 radical (unpaired) electrons. The first-order valence-electron chi connectivity index (χ1n) is 32.6. The van der Waals surface area contributed by atoms with E-state index in [9.17, 15) is 14.7 Å². The van der Waals surface area contributed by atoms with Crippen LogP contribution >= 0.6 is 0 Å². The predicted octanol–water partition coefficient (Wildman–Crippen LogP) is 18.5. The molecule has 1 N–H and O–H groups in total. The molecule has 7 heteroatoms. The SMILES string of the molecule is CCCCCCCCCCCCCCN(CCC1CCN(C(=O)CN(CCCCCCCCC)CCN(CCCCCCCCC)CCCCCCCCC)CC1)C(CCCCCCCCCC)C(=O)O. The van der Waals surface area contributed by atoms with Crippen LogP contribution in [0.15, 0.2) is 0 Å². The number of carbonyl (C=O) groups is 2. The van der Waals surface area contributed by atoms with E-state index in [4.69, 9.17) is 0 Å². The number of carbonyl (C=O) groups excluding carboxylic acids is 1. The molecule has 0 aromatic carbocycles. The maximum absolute atomic E-state index is 14.1. The van der Waals surface area contributed by atoms with Crippen molar-refractivity contribution in [1.29, 1.82) is 0 Å². The van der Waals surface area contributed by atoms with E-state index in [0.717, 1.165) is 90.8 Å². The minimum Gasteiger partial charge on any atom is -0.480 e. The fraction of sp³-hybridized carbons (Fsp3) is 0.969. The molecule has 0 aromatic rings. The Morgan fingerprint density at radius 3 is 1.07 bits per heavy atom. The smallest absolute Gasteiger partial charge is 0.320 e. The van der Waals surface area contributed by atoms with Crippen molar-refractivity contribution in [3.63, 3.8) is 0 Å². The van der Waals surface area contributed by atoms with Crippen molar-refractivity contribution in [2.75, 3.05) is 65.4 Å². The van der Waals surface area contributed by atoms with Crippen molar-refractivity contribution in [3.05, 3.63) is 0 Å². The summed E-state index contributed by atoms with van der Waals surface area (Å²) >= 11 is 0. The van der Waals surface area contributed by atoms with Gasteiger partial charge in [0.25, 0.3) is 0 Å². The first kappa shape index (κ1) is 67.8. The second-order valence-corrected chi connectivity index (χ2v) is 23.1. The van der Waals surface area contributed by atoms with Gasteiger partial charge in [-0.15, -0.1) is 0 Å². The topological polar surface area (TPSA) is 67.3 Å². The van der Waals surface area contributed by atoms with Crippen LogP contribution in [-0.4, -0.2) is 108 Å². The first-order chi connectivity index (χ1) is 34.9. The van der Waals surface area contributed by atoms with Crippen LogP contribution in [0.5, 0.6) is 0 Å². The van der Waals surface area contributed by atoms with Crippen LogP contribution in [0.4, 0.5) is 0 Å². The largest absolute Gasteiger partial charge is 0.480 e. The highest BCUT2D eigenvalue weighted by Gasteiger charge is 2.28. The van der Waals surface area contributed by atoms with Crippen LogP contribution in [0.1, 0.15) is 324 Å². The Morgan fingerprint density at radius 1 is 0.394 bits per heavy atom. The van der Waals surface area contributed by atoms with Crippen LogP contribution < -0.4 is 0 Å². The molecule has 0 aliphatic carbocycles. The Bertz CT molecular complexity index is 1100. The molecular weight excluding hydrogens is 873 g/mol. The van der Waals surface area contributed by atoms with Crippen LogP contribution in [0, 0.1) is 5.92 Å². The molecule has 1 unspecified atom stereocenters. The van der Waals surface area contributed by atoms with Crippen LogP contribution in [0.3, 0.4) is 0 Å². The molecule has 0 aromatic heterocycles. The molecule has 0 spiro atoms. The Balaban J connectivity index is 2.83. The van der Waals surface area contributed by atoms with Gasteiger partial charge >= 0.3 is 5.97 Å². The highest BCUT2D eigenvalue weighted by Crippen LogP contribution is 2.24.